The zero-order valence-corrected chi connectivity index (χ0v) is 14.2. The normalized spacial score (nSPS) is 16.7. The van der Waals surface area contributed by atoms with Crippen LogP contribution in [0.25, 0.3) is 0 Å². The Morgan fingerprint density at radius 1 is 1.20 bits per heavy atom. The molecule has 132 valence electrons. The van der Waals surface area contributed by atoms with E-state index in [2.05, 4.69) is 5.32 Å². The molecule has 6 heteroatoms. The number of hydrogen-bond acceptors (Lipinski definition) is 2. The van der Waals surface area contributed by atoms with Gasteiger partial charge in [0, 0.05) is 50.0 Å². The lowest BCUT2D eigenvalue weighted by Gasteiger charge is -2.30. The number of carbonyl (C=O) groups is 1. The number of aryl methyl sites for hydroxylation is 1. The lowest BCUT2D eigenvalue weighted by molar-refractivity contribution is 0.0976. The minimum atomic E-state index is -2.53. The Bertz CT molecular complexity index is 828. The molecule has 1 N–H and O–H groups in total. The predicted octanol–water partition coefficient (Wildman–Crippen LogP) is 3.20. The Balaban J connectivity index is 1.73. The van der Waals surface area contributed by atoms with Gasteiger partial charge in [-0.3, -0.25) is 4.79 Å². The third-order valence-electron chi connectivity index (χ3n) is 5.25. The zero-order valence-electron chi connectivity index (χ0n) is 14.2. The van der Waals surface area contributed by atoms with Crippen molar-refractivity contribution >= 4 is 11.6 Å². The van der Waals surface area contributed by atoms with E-state index in [1.54, 1.807) is 11.0 Å². The summed E-state index contributed by atoms with van der Waals surface area (Å²) < 4.78 is 28.1. The molecule has 2 aliphatic heterocycles. The number of benzene rings is 1. The van der Waals surface area contributed by atoms with E-state index in [9.17, 15) is 13.6 Å². The minimum Gasteiger partial charge on any atom is -0.343 e. The molecule has 1 amide bonds. The summed E-state index contributed by atoms with van der Waals surface area (Å²) in [5.74, 6) is -0.107. The molecule has 2 aliphatic rings. The summed E-state index contributed by atoms with van der Waals surface area (Å²) in [6.45, 7) is 2.23. The highest BCUT2D eigenvalue weighted by molar-refractivity contribution is 6.06. The number of fused-ring (bicyclic) bond motifs is 2. The van der Waals surface area contributed by atoms with Crippen LogP contribution in [-0.4, -0.2) is 23.6 Å². The molecule has 0 atom stereocenters. The van der Waals surface area contributed by atoms with Crippen LogP contribution in [0.5, 0.6) is 0 Å². The van der Waals surface area contributed by atoms with Gasteiger partial charge in [0.15, 0.2) is 0 Å². The fraction of sp³-hybridized carbons (Fsp3) is 0.421. The second-order valence-electron chi connectivity index (χ2n) is 6.74. The first-order chi connectivity index (χ1) is 12.1. The second kappa shape index (κ2) is 6.26. The molecule has 4 rings (SSSR count). The van der Waals surface area contributed by atoms with Gasteiger partial charge < -0.3 is 14.8 Å². The van der Waals surface area contributed by atoms with Crippen LogP contribution < -0.4 is 10.2 Å². The van der Waals surface area contributed by atoms with Crippen molar-refractivity contribution in [1.82, 2.24) is 9.88 Å². The summed E-state index contributed by atoms with van der Waals surface area (Å²) in [4.78, 5) is 14.8. The lowest BCUT2D eigenvalue weighted by Crippen LogP contribution is -2.36. The van der Waals surface area contributed by atoms with Crippen LogP contribution in [0.2, 0.25) is 0 Å². The van der Waals surface area contributed by atoms with Crippen molar-refractivity contribution in [1.29, 1.82) is 0 Å². The number of carbonyl (C=O) groups excluding carboxylic acids is 1. The SMILES string of the molecule is Cn1c(C(=O)N2CCCc3ccc(C(F)F)cc32)cc2c1CCNC2. The molecule has 1 aromatic heterocycles. The number of nitrogens with one attached hydrogen (secondary N) is 1. The van der Waals surface area contributed by atoms with Crippen LogP contribution in [-0.2, 0) is 26.4 Å². The molecule has 0 bridgehead atoms. The van der Waals surface area contributed by atoms with Gasteiger partial charge in [-0.1, -0.05) is 12.1 Å². The Kier molecular flexibility index (Phi) is 4.07. The van der Waals surface area contributed by atoms with Gasteiger partial charge >= 0.3 is 0 Å². The van der Waals surface area contributed by atoms with Gasteiger partial charge in [0.2, 0.25) is 0 Å². The van der Waals surface area contributed by atoms with E-state index in [4.69, 9.17) is 0 Å². The fourth-order valence-electron chi connectivity index (χ4n) is 3.90. The molecular formula is C19H21F2N3O. The van der Waals surface area contributed by atoms with Crippen LogP contribution in [0.3, 0.4) is 0 Å². The fourth-order valence-corrected chi connectivity index (χ4v) is 3.90. The molecule has 0 saturated carbocycles. The summed E-state index contributed by atoms with van der Waals surface area (Å²) in [7, 11) is 1.91. The van der Waals surface area contributed by atoms with E-state index >= 15 is 0 Å². The van der Waals surface area contributed by atoms with E-state index in [0.29, 0.717) is 17.9 Å². The highest BCUT2D eigenvalue weighted by atomic mass is 19.3. The van der Waals surface area contributed by atoms with Gasteiger partial charge in [0.25, 0.3) is 12.3 Å². The average molecular weight is 345 g/mol. The minimum absolute atomic E-state index is 0.0335. The van der Waals surface area contributed by atoms with Gasteiger partial charge in [-0.2, -0.15) is 0 Å². The van der Waals surface area contributed by atoms with Gasteiger partial charge in [-0.25, -0.2) is 8.78 Å². The van der Waals surface area contributed by atoms with E-state index < -0.39 is 6.43 Å². The van der Waals surface area contributed by atoms with Gasteiger partial charge in [0.1, 0.15) is 5.69 Å². The summed E-state index contributed by atoms with van der Waals surface area (Å²) in [5, 5.41) is 3.31. The number of aromatic nitrogens is 1. The summed E-state index contributed by atoms with van der Waals surface area (Å²) in [5.41, 5.74) is 4.52. The average Bonchev–Trinajstić information content (AvgIpc) is 2.97. The lowest BCUT2D eigenvalue weighted by atomic mass is 9.99. The largest absolute Gasteiger partial charge is 0.343 e. The third kappa shape index (κ3) is 2.74. The molecule has 0 saturated heterocycles. The van der Waals surface area contributed by atoms with Crippen molar-refractivity contribution in [3.8, 4) is 0 Å². The highest BCUT2D eigenvalue weighted by Gasteiger charge is 2.28. The van der Waals surface area contributed by atoms with E-state index in [0.717, 1.165) is 43.5 Å². The maximum absolute atomic E-state index is 13.2. The quantitative estimate of drug-likeness (QED) is 0.908. The molecule has 0 aliphatic carbocycles. The Hall–Kier alpha value is -2.21. The monoisotopic (exact) mass is 345 g/mol. The van der Waals surface area contributed by atoms with Crippen LogP contribution in [0.1, 0.15) is 45.7 Å². The summed E-state index contributed by atoms with van der Waals surface area (Å²) >= 11 is 0. The number of alkyl halides is 2. The van der Waals surface area contributed by atoms with Crippen molar-refractivity contribution in [2.75, 3.05) is 18.0 Å². The molecule has 25 heavy (non-hydrogen) atoms. The molecule has 0 unspecified atom stereocenters. The van der Waals surface area contributed by atoms with E-state index in [1.165, 1.54) is 17.8 Å². The Morgan fingerprint density at radius 2 is 2.04 bits per heavy atom. The first-order valence-corrected chi connectivity index (χ1v) is 8.67. The molecule has 3 heterocycles. The molecule has 0 radical (unpaired) electrons. The Morgan fingerprint density at radius 3 is 2.80 bits per heavy atom. The van der Waals surface area contributed by atoms with E-state index in [1.807, 2.05) is 17.7 Å². The summed E-state index contributed by atoms with van der Waals surface area (Å²) in [6, 6.07) is 6.61. The molecule has 4 nitrogen and oxygen atoms in total. The number of hydrogen-bond donors (Lipinski definition) is 1. The van der Waals surface area contributed by atoms with Gasteiger partial charge in [0.05, 0.1) is 0 Å². The number of halogens is 2. The van der Waals surface area contributed by atoms with E-state index in [-0.39, 0.29) is 11.5 Å². The topological polar surface area (TPSA) is 37.3 Å². The Labute approximate surface area is 145 Å². The van der Waals surface area contributed by atoms with Crippen molar-refractivity contribution in [3.05, 3.63) is 52.3 Å². The molecular weight excluding hydrogens is 324 g/mol. The number of amides is 1. The van der Waals surface area contributed by atoms with Crippen molar-refractivity contribution < 1.29 is 13.6 Å². The van der Waals surface area contributed by atoms with Crippen LogP contribution in [0, 0.1) is 0 Å². The third-order valence-corrected chi connectivity index (χ3v) is 5.25. The van der Waals surface area contributed by atoms with Crippen LogP contribution in [0.15, 0.2) is 24.3 Å². The van der Waals surface area contributed by atoms with Crippen LogP contribution >= 0.6 is 0 Å². The van der Waals surface area contributed by atoms with Crippen molar-refractivity contribution in [2.24, 2.45) is 7.05 Å². The highest BCUT2D eigenvalue weighted by Crippen LogP contribution is 2.33. The number of nitrogens with zero attached hydrogens (tertiary/aromatic N) is 2. The van der Waals surface area contributed by atoms with Gasteiger partial charge in [-0.05, 0) is 36.1 Å². The maximum Gasteiger partial charge on any atom is 0.274 e. The summed E-state index contributed by atoms with van der Waals surface area (Å²) in [6.07, 6.45) is 0.0254. The predicted molar refractivity (Wildman–Crippen MR) is 92.2 cm³/mol. The van der Waals surface area contributed by atoms with Crippen molar-refractivity contribution in [3.63, 3.8) is 0 Å². The molecule has 0 fully saturated rings. The van der Waals surface area contributed by atoms with Crippen molar-refractivity contribution in [2.45, 2.75) is 32.2 Å². The first kappa shape index (κ1) is 16.3. The molecule has 0 spiro atoms. The molecule has 2 aromatic rings. The number of anilines is 1. The smallest absolute Gasteiger partial charge is 0.274 e. The standard InChI is InChI=1S/C19H21F2N3O/c1-23-15-6-7-22-11-14(15)10-17(23)19(25)24-8-2-3-12-4-5-13(18(20)21)9-16(12)24/h4-5,9-10,18,22H,2-3,6-8,11H2,1H3. The maximum atomic E-state index is 13.2. The van der Waals surface area contributed by atoms with Crippen LogP contribution in [0.4, 0.5) is 14.5 Å². The second-order valence-corrected chi connectivity index (χ2v) is 6.74. The first-order valence-electron chi connectivity index (χ1n) is 8.67. The zero-order chi connectivity index (χ0) is 17.6. The number of rotatable bonds is 2. The van der Waals surface area contributed by atoms with Gasteiger partial charge in [-0.15, -0.1) is 0 Å². The molecule has 1 aromatic carbocycles.